The van der Waals surface area contributed by atoms with Crippen LogP contribution in [0, 0.1) is 6.92 Å². The summed E-state index contributed by atoms with van der Waals surface area (Å²) in [5.41, 5.74) is 6.44. The first-order chi connectivity index (χ1) is 7.73. The standard InChI is InChI=1S/C11H19N3O3/c1-6-7(9(17-5)14(4)13-6)11(2,3)8(12)10(15)16/h8H,12H2,1-5H3,(H,15,16). The molecule has 1 aromatic heterocycles. The number of carbonyl (C=O) groups is 1. The van der Waals surface area contributed by atoms with Crippen LogP contribution in [0.4, 0.5) is 0 Å². The number of hydrogen-bond acceptors (Lipinski definition) is 4. The number of carboxylic acids is 1. The predicted molar refractivity (Wildman–Crippen MR) is 63.1 cm³/mol. The number of carboxylic acid groups (broad SMARTS) is 1. The molecule has 1 heterocycles. The summed E-state index contributed by atoms with van der Waals surface area (Å²) < 4.78 is 6.85. The molecule has 1 atom stereocenters. The number of nitrogens with two attached hydrogens (primary N) is 1. The first-order valence-electron chi connectivity index (χ1n) is 5.30. The lowest BCUT2D eigenvalue weighted by atomic mass is 9.78. The number of hydrogen-bond donors (Lipinski definition) is 2. The van der Waals surface area contributed by atoms with E-state index in [-0.39, 0.29) is 0 Å². The highest BCUT2D eigenvalue weighted by Gasteiger charge is 2.39. The molecule has 0 aliphatic rings. The highest BCUT2D eigenvalue weighted by Crippen LogP contribution is 2.35. The molecule has 1 rings (SSSR count). The quantitative estimate of drug-likeness (QED) is 0.797. The van der Waals surface area contributed by atoms with Crippen LogP contribution in [0.25, 0.3) is 0 Å². The van der Waals surface area contributed by atoms with Crippen LogP contribution in [0.1, 0.15) is 25.1 Å². The van der Waals surface area contributed by atoms with Crippen LogP contribution in [-0.2, 0) is 17.3 Å². The lowest BCUT2D eigenvalue weighted by Gasteiger charge is -2.29. The molecule has 0 saturated carbocycles. The maximum absolute atomic E-state index is 11.0. The van der Waals surface area contributed by atoms with Gasteiger partial charge in [0, 0.05) is 18.0 Å². The first-order valence-corrected chi connectivity index (χ1v) is 5.30. The zero-order valence-corrected chi connectivity index (χ0v) is 10.8. The minimum Gasteiger partial charge on any atom is -0.481 e. The molecule has 6 nitrogen and oxygen atoms in total. The van der Waals surface area contributed by atoms with Gasteiger partial charge in [0.2, 0.25) is 5.88 Å². The minimum absolute atomic E-state index is 0.546. The summed E-state index contributed by atoms with van der Waals surface area (Å²) in [6.45, 7) is 5.37. The first kappa shape index (κ1) is 13.5. The Morgan fingerprint density at radius 1 is 1.59 bits per heavy atom. The third-order valence-corrected chi connectivity index (χ3v) is 3.05. The molecule has 17 heavy (non-hydrogen) atoms. The van der Waals surface area contributed by atoms with Gasteiger partial charge in [-0.3, -0.25) is 4.79 Å². The van der Waals surface area contributed by atoms with Gasteiger partial charge in [-0.05, 0) is 6.92 Å². The Bertz CT molecular complexity index is 437. The fraction of sp³-hybridized carbons (Fsp3) is 0.636. The number of methoxy groups -OCH3 is 1. The van der Waals surface area contributed by atoms with E-state index >= 15 is 0 Å². The molecule has 0 aliphatic heterocycles. The second-order valence-electron chi connectivity index (χ2n) is 4.63. The summed E-state index contributed by atoms with van der Waals surface area (Å²) in [7, 11) is 3.28. The molecule has 0 fully saturated rings. The van der Waals surface area contributed by atoms with Crippen molar-refractivity contribution in [2.45, 2.75) is 32.2 Å². The van der Waals surface area contributed by atoms with Crippen molar-refractivity contribution in [2.24, 2.45) is 12.8 Å². The van der Waals surface area contributed by atoms with Gasteiger partial charge in [-0.1, -0.05) is 13.8 Å². The van der Waals surface area contributed by atoms with E-state index in [0.717, 1.165) is 11.3 Å². The molecule has 0 radical (unpaired) electrons. The van der Waals surface area contributed by atoms with Gasteiger partial charge >= 0.3 is 5.97 Å². The molecule has 0 spiro atoms. The average molecular weight is 241 g/mol. The molecule has 1 unspecified atom stereocenters. The maximum atomic E-state index is 11.0. The number of aryl methyl sites for hydroxylation is 2. The Balaban J connectivity index is 3.36. The van der Waals surface area contributed by atoms with Gasteiger partial charge in [0.1, 0.15) is 6.04 Å². The molecule has 0 aliphatic carbocycles. The van der Waals surface area contributed by atoms with Crippen molar-refractivity contribution < 1.29 is 14.6 Å². The Labute approximate surface area is 100 Å². The molecule has 6 heteroatoms. The summed E-state index contributed by atoms with van der Waals surface area (Å²) in [5, 5.41) is 13.3. The third-order valence-electron chi connectivity index (χ3n) is 3.05. The lowest BCUT2D eigenvalue weighted by Crippen LogP contribution is -2.47. The van der Waals surface area contributed by atoms with Gasteiger partial charge in [0.05, 0.1) is 12.8 Å². The van der Waals surface area contributed by atoms with Crippen LogP contribution in [0.15, 0.2) is 0 Å². The molecule has 1 aromatic rings. The van der Waals surface area contributed by atoms with Crippen molar-refractivity contribution in [3.05, 3.63) is 11.3 Å². The summed E-state index contributed by atoms with van der Waals surface area (Å²) in [5.74, 6) is -0.496. The van der Waals surface area contributed by atoms with E-state index in [1.165, 1.54) is 7.11 Å². The highest BCUT2D eigenvalue weighted by atomic mass is 16.5. The van der Waals surface area contributed by atoms with Crippen molar-refractivity contribution >= 4 is 5.97 Å². The van der Waals surface area contributed by atoms with Gasteiger partial charge in [0.25, 0.3) is 0 Å². The Morgan fingerprint density at radius 3 is 2.53 bits per heavy atom. The van der Waals surface area contributed by atoms with Crippen LogP contribution in [0.5, 0.6) is 5.88 Å². The molecule has 0 aromatic carbocycles. The summed E-state index contributed by atoms with van der Waals surface area (Å²) in [6, 6.07) is -1.01. The monoisotopic (exact) mass is 241 g/mol. The van der Waals surface area contributed by atoms with E-state index < -0.39 is 17.4 Å². The van der Waals surface area contributed by atoms with Gasteiger partial charge in [-0.25, -0.2) is 4.68 Å². The zero-order valence-electron chi connectivity index (χ0n) is 10.8. The third kappa shape index (κ3) is 2.12. The summed E-state index contributed by atoms with van der Waals surface area (Å²) >= 11 is 0. The van der Waals surface area contributed by atoms with Crippen molar-refractivity contribution in [1.82, 2.24) is 9.78 Å². The molecule has 0 bridgehead atoms. The SMILES string of the molecule is COc1c(C(C)(C)C(N)C(=O)O)c(C)nn1C. The second kappa shape index (κ2) is 4.37. The normalized spacial score (nSPS) is 13.5. The number of nitrogens with zero attached hydrogens (tertiary/aromatic N) is 2. The van der Waals surface area contributed by atoms with Gasteiger partial charge < -0.3 is 15.6 Å². The molecular formula is C11H19N3O3. The smallest absolute Gasteiger partial charge is 0.321 e. The number of aromatic nitrogens is 2. The van der Waals surface area contributed by atoms with Crippen LogP contribution >= 0.6 is 0 Å². The fourth-order valence-corrected chi connectivity index (χ4v) is 2.08. The van der Waals surface area contributed by atoms with E-state index in [1.807, 2.05) is 6.92 Å². The van der Waals surface area contributed by atoms with E-state index in [2.05, 4.69) is 5.10 Å². The Morgan fingerprint density at radius 2 is 2.12 bits per heavy atom. The van der Waals surface area contributed by atoms with E-state index in [4.69, 9.17) is 15.6 Å². The van der Waals surface area contributed by atoms with Gasteiger partial charge in [-0.2, -0.15) is 5.10 Å². The predicted octanol–water partition coefficient (Wildman–Crippen LogP) is 0.427. The maximum Gasteiger partial charge on any atom is 0.321 e. The van der Waals surface area contributed by atoms with Crippen molar-refractivity contribution in [3.63, 3.8) is 0 Å². The molecule has 3 N–H and O–H groups in total. The van der Waals surface area contributed by atoms with E-state index in [1.54, 1.807) is 25.6 Å². The van der Waals surface area contributed by atoms with Crippen LogP contribution in [0.2, 0.25) is 0 Å². The largest absolute Gasteiger partial charge is 0.481 e. The van der Waals surface area contributed by atoms with Gasteiger partial charge in [0.15, 0.2) is 0 Å². The Kier molecular flexibility index (Phi) is 3.47. The van der Waals surface area contributed by atoms with Crippen LogP contribution in [0.3, 0.4) is 0 Å². The number of rotatable bonds is 4. The van der Waals surface area contributed by atoms with Crippen molar-refractivity contribution in [2.75, 3.05) is 7.11 Å². The van der Waals surface area contributed by atoms with Crippen LogP contribution in [-0.4, -0.2) is 34.0 Å². The second-order valence-corrected chi connectivity index (χ2v) is 4.63. The fourth-order valence-electron chi connectivity index (χ4n) is 2.08. The highest BCUT2D eigenvalue weighted by molar-refractivity contribution is 5.76. The van der Waals surface area contributed by atoms with Crippen LogP contribution < -0.4 is 10.5 Å². The van der Waals surface area contributed by atoms with E-state index in [0.29, 0.717) is 5.88 Å². The number of aliphatic carboxylic acids is 1. The molecular weight excluding hydrogens is 222 g/mol. The zero-order chi connectivity index (χ0) is 13.4. The molecule has 0 amide bonds. The lowest BCUT2D eigenvalue weighted by molar-refractivity contribution is -0.140. The topological polar surface area (TPSA) is 90.4 Å². The average Bonchev–Trinajstić information content (AvgIpc) is 2.51. The van der Waals surface area contributed by atoms with Crippen molar-refractivity contribution in [1.29, 1.82) is 0 Å². The van der Waals surface area contributed by atoms with Crippen molar-refractivity contribution in [3.8, 4) is 5.88 Å². The molecule has 0 saturated heterocycles. The summed E-state index contributed by atoms with van der Waals surface area (Å²) in [4.78, 5) is 11.0. The summed E-state index contributed by atoms with van der Waals surface area (Å²) in [6.07, 6.45) is 0. The molecule has 96 valence electrons. The van der Waals surface area contributed by atoms with E-state index in [9.17, 15) is 4.79 Å². The Hall–Kier alpha value is -1.56. The van der Waals surface area contributed by atoms with Gasteiger partial charge in [-0.15, -0.1) is 0 Å². The minimum atomic E-state index is -1.04. The number of ether oxygens (including phenoxy) is 1.